The molecule has 10 rings (SSSR count). The van der Waals surface area contributed by atoms with E-state index in [4.69, 9.17) is 0 Å². The van der Waals surface area contributed by atoms with Gasteiger partial charge in [-0.2, -0.15) is 0 Å². The van der Waals surface area contributed by atoms with Gasteiger partial charge < -0.3 is 4.90 Å². The standard InChI is InChI=1S/C54H37N/c1-3-10-38(11-4-1)40-18-20-42(21-19-40)43-26-30-48(31-27-43)55(49-16-9-15-46(36-49)44-24-22-41(23-25-44)39-12-5-2-6-13-39)50-32-35-52-47(37-50)29-34-53-51-17-8-7-14-45(51)28-33-54(52)53/h1-37H. The Morgan fingerprint density at radius 2 is 0.600 bits per heavy atom. The van der Waals surface area contributed by atoms with Crippen LogP contribution in [0.2, 0.25) is 0 Å². The summed E-state index contributed by atoms with van der Waals surface area (Å²) in [6.07, 6.45) is 0. The van der Waals surface area contributed by atoms with Gasteiger partial charge in [0.2, 0.25) is 0 Å². The lowest BCUT2D eigenvalue weighted by atomic mass is 9.96. The van der Waals surface area contributed by atoms with Crippen LogP contribution in [0.15, 0.2) is 224 Å². The van der Waals surface area contributed by atoms with E-state index in [0.29, 0.717) is 0 Å². The van der Waals surface area contributed by atoms with E-state index in [1.54, 1.807) is 0 Å². The summed E-state index contributed by atoms with van der Waals surface area (Å²) < 4.78 is 0. The highest BCUT2D eigenvalue weighted by atomic mass is 15.1. The van der Waals surface area contributed by atoms with Crippen molar-refractivity contribution in [3.63, 3.8) is 0 Å². The predicted octanol–water partition coefficient (Wildman–Crippen LogP) is 15.3. The zero-order valence-corrected chi connectivity index (χ0v) is 30.3. The molecule has 0 fully saturated rings. The molecule has 0 bridgehead atoms. The first-order chi connectivity index (χ1) is 27.2. The topological polar surface area (TPSA) is 3.24 Å². The molecule has 0 aliphatic rings. The third kappa shape index (κ3) is 6.22. The maximum absolute atomic E-state index is 2.38. The number of anilines is 3. The summed E-state index contributed by atoms with van der Waals surface area (Å²) in [5, 5.41) is 7.59. The Balaban J connectivity index is 1.05. The van der Waals surface area contributed by atoms with Crippen LogP contribution in [0.5, 0.6) is 0 Å². The summed E-state index contributed by atoms with van der Waals surface area (Å²) in [7, 11) is 0. The van der Waals surface area contributed by atoms with Crippen LogP contribution >= 0.6 is 0 Å². The largest absolute Gasteiger partial charge is 0.310 e. The fourth-order valence-corrected chi connectivity index (χ4v) is 8.00. The molecule has 55 heavy (non-hydrogen) atoms. The van der Waals surface area contributed by atoms with Gasteiger partial charge in [0.05, 0.1) is 0 Å². The quantitative estimate of drug-likeness (QED) is 0.150. The first-order valence-electron chi connectivity index (χ1n) is 18.9. The van der Waals surface area contributed by atoms with E-state index < -0.39 is 0 Å². The number of fused-ring (bicyclic) bond motifs is 5. The summed E-state index contributed by atoms with van der Waals surface area (Å²) in [4.78, 5) is 2.38. The highest BCUT2D eigenvalue weighted by Gasteiger charge is 2.16. The van der Waals surface area contributed by atoms with Gasteiger partial charge in [-0.15, -0.1) is 0 Å². The van der Waals surface area contributed by atoms with Crippen molar-refractivity contribution in [2.75, 3.05) is 4.90 Å². The Morgan fingerprint density at radius 3 is 1.20 bits per heavy atom. The molecule has 0 saturated heterocycles. The molecule has 0 amide bonds. The van der Waals surface area contributed by atoms with Crippen LogP contribution in [0.25, 0.3) is 76.8 Å². The number of benzene rings is 10. The van der Waals surface area contributed by atoms with Crippen LogP contribution in [0.1, 0.15) is 0 Å². The van der Waals surface area contributed by atoms with Crippen LogP contribution in [0.4, 0.5) is 17.1 Å². The fourth-order valence-electron chi connectivity index (χ4n) is 8.00. The predicted molar refractivity (Wildman–Crippen MR) is 235 cm³/mol. The lowest BCUT2D eigenvalue weighted by molar-refractivity contribution is 1.29. The van der Waals surface area contributed by atoms with E-state index in [1.807, 2.05) is 0 Å². The maximum atomic E-state index is 2.38. The van der Waals surface area contributed by atoms with E-state index in [9.17, 15) is 0 Å². The lowest BCUT2D eigenvalue weighted by Crippen LogP contribution is -2.10. The Hall–Kier alpha value is -7.22. The second kappa shape index (κ2) is 14.0. The number of nitrogens with zero attached hydrogens (tertiary/aromatic N) is 1. The van der Waals surface area contributed by atoms with Crippen LogP contribution in [0, 0.1) is 0 Å². The molecule has 0 heterocycles. The fraction of sp³-hybridized carbons (Fsp3) is 0. The van der Waals surface area contributed by atoms with E-state index in [1.165, 1.54) is 76.8 Å². The van der Waals surface area contributed by atoms with Crippen molar-refractivity contribution in [2.24, 2.45) is 0 Å². The molecule has 0 radical (unpaired) electrons. The average molecular weight is 700 g/mol. The van der Waals surface area contributed by atoms with Gasteiger partial charge in [0.25, 0.3) is 0 Å². The Bertz CT molecular complexity index is 2930. The second-order valence-electron chi connectivity index (χ2n) is 14.2. The van der Waals surface area contributed by atoms with E-state index >= 15 is 0 Å². The number of rotatable bonds is 7. The molecule has 0 atom stereocenters. The van der Waals surface area contributed by atoms with Gasteiger partial charge in [-0.05, 0) is 113 Å². The molecule has 0 aliphatic heterocycles. The molecular weight excluding hydrogens is 663 g/mol. The van der Waals surface area contributed by atoms with Gasteiger partial charge >= 0.3 is 0 Å². The third-order valence-corrected chi connectivity index (χ3v) is 10.9. The molecule has 0 aromatic heterocycles. The monoisotopic (exact) mass is 699 g/mol. The van der Waals surface area contributed by atoms with Crippen molar-refractivity contribution in [3.8, 4) is 44.5 Å². The van der Waals surface area contributed by atoms with Gasteiger partial charge in [-0.3, -0.25) is 0 Å². The Kier molecular flexibility index (Phi) is 8.24. The van der Waals surface area contributed by atoms with Crippen molar-refractivity contribution < 1.29 is 0 Å². The van der Waals surface area contributed by atoms with Crippen molar-refractivity contribution in [3.05, 3.63) is 224 Å². The lowest BCUT2D eigenvalue weighted by Gasteiger charge is -2.27. The highest BCUT2D eigenvalue weighted by molar-refractivity contribution is 6.17. The van der Waals surface area contributed by atoms with Crippen LogP contribution < -0.4 is 4.90 Å². The number of hydrogen-bond donors (Lipinski definition) is 0. The molecule has 258 valence electrons. The molecule has 0 N–H and O–H groups in total. The maximum Gasteiger partial charge on any atom is 0.0468 e. The Morgan fingerprint density at radius 1 is 0.200 bits per heavy atom. The van der Waals surface area contributed by atoms with Gasteiger partial charge in [-0.25, -0.2) is 0 Å². The normalized spacial score (nSPS) is 11.3. The minimum atomic E-state index is 1.10. The zero-order valence-electron chi connectivity index (χ0n) is 30.3. The van der Waals surface area contributed by atoms with Gasteiger partial charge in [0, 0.05) is 17.1 Å². The smallest absolute Gasteiger partial charge is 0.0468 e. The molecule has 10 aromatic carbocycles. The van der Waals surface area contributed by atoms with Crippen LogP contribution in [-0.2, 0) is 0 Å². The number of hydrogen-bond acceptors (Lipinski definition) is 1. The van der Waals surface area contributed by atoms with E-state index in [2.05, 4.69) is 229 Å². The first-order valence-corrected chi connectivity index (χ1v) is 18.9. The van der Waals surface area contributed by atoms with E-state index in [-0.39, 0.29) is 0 Å². The highest BCUT2D eigenvalue weighted by Crippen LogP contribution is 2.40. The molecule has 0 unspecified atom stereocenters. The third-order valence-electron chi connectivity index (χ3n) is 10.9. The Labute approximate surface area is 322 Å². The van der Waals surface area contributed by atoms with Gasteiger partial charge in [-0.1, -0.05) is 188 Å². The van der Waals surface area contributed by atoms with Crippen molar-refractivity contribution in [2.45, 2.75) is 0 Å². The molecule has 0 spiro atoms. The summed E-state index contributed by atoms with van der Waals surface area (Å²) in [5.74, 6) is 0. The minimum absolute atomic E-state index is 1.10. The van der Waals surface area contributed by atoms with Crippen molar-refractivity contribution in [1.29, 1.82) is 0 Å². The van der Waals surface area contributed by atoms with E-state index in [0.717, 1.165) is 17.1 Å². The van der Waals surface area contributed by atoms with Crippen LogP contribution in [0.3, 0.4) is 0 Å². The van der Waals surface area contributed by atoms with Gasteiger partial charge in [0.1, 0.15) is 0 Å². The average Bonchev–Trinajstić information content (AvgIpc) is 3.27. The molecule has 1 heteroatoms. The minimum Gasteiger partial charge on any atom is -0.310 e. The van der Waals surface area contributed by atoms with Gasteiger partial charge in [0.15, 0.2) is 0 Å². The van der Waals surface area contributed by atoms with Crippen molar-refractivity contribution >= 4 is 49.4 Å². The zero-order chi connectivity index (χ0) is 36.6. The molecular formula is C54H37N. The summed E-state index contributed by atoms with van der Waals surface area (Å²) in [6, 6.07) is 81.4. The summed E-state index contributed by atoms with van der Waals surface area (Å²) in [6.45, 7) is 0. The molecule has 1 nitrogen and oxygen atoms in total. The molecule has 10 aromatic rings. The second-order valence-corrected chi connectivity index (χ2v) is 14.2. The molecule has 0 aliphatic carbocycles. The molecule has 0 saturated carbocycles. The summed E-state index contributed by atoms with van der Waals surface area (Å²) in [5.41, 5.74) is 13.0. The van der Waals surface area contributed by atoms with Crippen molar-refractivity contribution in [1.82, 2.24) is 0 Å². The SMILES string of the molecule is c1ccc(-c2ccc(-c3ccc(N(c4cccc(-c5ccc(-c6ccccc6)cc5)c4)c4ccc5c(ccc6c7ccccc7ccc56)c4)cc3)cc2)cc1. The first kappa shape index (κ1) is 32.4. The summed E-state index contributed by atoms with van der Waals surface area (Å²) >= 11 is 0. The van der Waals surface area contributed by atoms with Crippen LogP contribution in [-0.4, -0.2) is 0 Å².